The van der Waals surface area contributed by atoms with E-state index in [1.807, 2.05) is 27.7 Å². The highest BCUT2D eigenvalue weighted by molar-refractivity contribution is 6.62. The lowest BCUT2D eigenvalue weighted by molar-refractivity contribution is 0.00578. The summed E-state index contributed by atoms with van der Waals surface area (Å²) in [6.45, 7) is 7.85. The lowest BCUT2D eigenvalue weighted by atomic mass is 9.78. The molecule has 0 bridgehead atoms. The molecular weight excluding hydrogens is 296 g/mol. The second kappa shape index (κ2) is 5.31. The van der Waals surface area contributed by atoms with E-state index >= 15 is 0 Å². The number of amides is 1. The van der Waals surface area contributed by atoms with Gasteiger partial charge in [0, 0.05) is 13.1 Å². The van der Waals surface area contributed by atoms with Gasteiger partial charge in [0.05, 0.1) is 16.8 Å². The standard InChI is InChI=1S/C17H23BFNO3/c1-16(2)17(3,4)23-18(22-16)11-6-9-14(19)13(10-11)15(21)20(5)12-7-8-12/h6,9-10,12H,7-8H2,1-5H3. The van der Waals surface area contributed by atoms with Crippen molar-refractivity contribution in [1.82, 2.24) is 4.90 Å². The quantitative estimate of drug-likeness (QED) is 0.803. The molecule has 0 spiro atoms. The third-order valence-corrected chi connectivity index (χ3v) is 5.16. The third-order valence-electron chi connectivity index (χ3n) is 5.16. The summed E-state index contributed by atoms with van der Waals surface area (Å²) in [4.78, 5) is 14.1. The Morgan fingerprint density at radius 1 is 1.22 bits per heavy atom. The SMILES string of the molecule is CN(C(=O)c1cc(B2OC(C)(C)C(C)(C)O2)ccc1F)C1CC1. The van der Waals surface area contributed by atoms with Crippen LogP contribution in [0.3, 0.4) is 0 Å². The molecule has 6 heteroatoms. The van der Waals surface area contributed by atoms with Crippen LogP contribution >= 0.6 is 0 Å². The largest absolute Gasteiger partial charge is 0.494 e. The molecule has 0 radical (unpaired) electrons. The molecule has 1 aliphatic heterocycles. The van der Waals surface area contributed by atoms with Crippen molar-refractivity contribution in [3.63, 3.8) is 0 Å². The molecule has 0 aromatic heterocycles. The lowest BCUT2D eigenvalue weighted by Gasteiger charge is -2.32. The summed E-state index contributed by atoms with van der Waals surface area (Å²) in [6.07, 6.45) is 1.97. The van der Waals surface area contributed by atoms with E-state index in [1.54, 1.807) is 24.1 Å². The van der Waals surface area contributed by atoms with Crippen LogP contribution in [0, 0.1) is 5.82 Å². The molecule has 0 N–H and O–H groups in total. The maximum absolute atomic E-state index is 14.1. The number of hydrogen-bond acceptors (Lipinski definition) is 3. The zero-order chi connectivity index (χ0) is 17.0. The van der Waals surface area contributed by atoms with Gasteiger partial charge < -0.3 is 14.2 Å². The molecule has 2 aliphatic rings. The predicted molar refractivity (Wildman–Crippen MR) is 87.2 cm³/mol. The molecule has 1 aromatic carbocycles. The summed E-state index contributed by atoms with van der Waals surface area (Å²) in [5.74, 6) is -0.800. The number of carbonyl (C=O) groups is 1. The molecule has 1 saturated carbocycles. The maximum atomic E-state index is 14.1. The second-order valence-corrected chi connectivity index (χ2v) is 7.47. The predicted octanol–water partition coefficient (Wildman–Crippen LogP) is 2.36. The average Bonchev–Trinajstić information content (AvgIpc) is 3.26. The van der Waals surface area contributed by atoms with Crippen molar-refractivity contribution in [1.29, 1.82) is 0 Å². The van der Waals surface area contributed by atoms with E-state index in [2.05, 4.69) is 0 Å². The van der Waals surface area contributed by atoms with Gasteiger partial charge in [-0.3, -0.25) is 4.79 Å². The number of hydrogen-bond donors (Lipinski definition) is 0. The number of rotatable bonds is 3. The molecule has 1 saturated heterocycles. The summed E-state index contributed by atoms with van der Waals surface area (Å²) in [7, 11) is 1.12. The van der Waals surface area contributed by atoms with Crippen LogP contribution in [0.5, 0.6) is 0 Å². The molecule has 0 unspecified atom stereocenters. The summed E-state index contributed by atoms with van der Waals surface area (Å²) in [5.41, 5.74) is -0.202. The highest BCUT2D eigenvalue weighted by Crippen LogP contribution is 2.36. The highest BCUT2D eigenvalue weighted by atomic mass is 19.1. The normalized spacial score (nSPS) is 22.3. The van der Waals surface area contributed by atoms with Gasteiger partial charge in [0.15, 0.2) is 0 Å². The van der Waals surface area contributed by atoms with Crippen LogP contribution in [0.15, 0.2) is 18.2 Å². The van der Waals surface area contributed by atoms with Crippen LogP contribution in [0.25, 0.3) is 0 Å². The van der Waals surface area contributed by atoms with Gasteiger partial charge in [-0.15, -0.1) is 0 Å². The fourth-order valence-electron chi connectivity index (χ4n) is 2.65. The van der Waals surface area contributed by atoms with Crippen molar-refractivity contribution >= 4 is 18.5 Å². The zero-order valence-electron chi connectivity index (χ0n) is 14.4. The number of halogens is 1. The van der Waals surface area contributed by atoms with Gasteiger partial charge in [0.2, 0.25) is 0 Å². The Balaban J connectivity index is 1.88. The Labute approximate surface area is 137 Å². The van der Waals surface area contributed by atoms with Crippen LogP contribution in [-0.4, -0.2) is 42.2 Å². The molecule has 1 aliphatic carbocycles. The molecule has 23 heavy (non-hydrogen) atoms. The fourth-order valence-corrected chi connectivity index (χ4v) is 2.65. The highest BCUT2D eigenvalue weighted by Gasteiger charge is 2.51. The molecular formula is C17H23BFNO3. The Morgan fingerprint density at radius 2 is 1.78 bits per heavy atom. The minimum absolute atomic E-state index is 0.0756. The van der Waals surface area contributed by atoms with Crippen molar-refractivity contribution in [3.8, 4) is 0 Å². The first-order valence-corrected chi connectivity index (χ1v) is 8.04. The zero-order valence-corrected chi connectivity index (χ0v) is 14.4. The van der Waals surface area contributed by atoms with Gasteiger partial charge in [0.25, 0.3) is 5.91 Å². The van der Waals surface area contributed by atoms with E-state index < -0.39 is 24.1 Å². The second-order valence-electron chi connectivity index (χ2n) is 7.47. The van der Waals surface area contributed by atoms with Gasteiger partial charge in [-0.2, -0.15) is 0 Å². The minimum atomic E-state index is -0.599. The van der Waals surface area contributed by atoms with Crippen molar-refractivity contribution < 1.29 is 18.5 Å². The van der Waals surface area contributed by atoms with E-state index in [9.17, 15) is 9.18 Å². The van der Waals surface area contributed by atoms with Crippen molar-refractivity contribution in [2.75, 3.05) is 7.05 Å². The monoisotopic (exact) mass is 319 g/mol. The van der Waals surface area contributed by atoms with E-state index in [1.165, 1.54) is 6.07 Å². The smallest absolute Gasteiger partial charge is 0.399 e. The third kappa shape index (κ3) is 2.90. The van der Waals surface area contributed by atoms with E-state index in [0.717, 1.165) is 12.8 Å². The van der Waals surface area contributed by atoms with E-state index in [0.29, 0.717) is 5.46 Å². The van der Waals surface area contributed by atoms with Crippen LogP contribution in [0.4, 0.5) is 4.39 Å². The number of benzene rings is 1. The fraction of sp³-hybridized carbons (Fsp3) is 0.588. The Bertz CT molecular complexity index is 627. The van der Waals surface area contributed by atoms with Crippen molar-refractivity contribution in [3.05, 3.63) is 29.6 Å². The molecule has 0 atom stereocenters. The van der Waals surface area contributed by atoms with Crippen LogP contribution in [0.1, 0.15) is 50.9 Å². The summed E-state index contributed by atoms with van der Waals surface area (Å²) < 4.78 is 26.1. The molecule has 1 aromatic rings. The molecule has 124 valence electrons. The summed E-state index contributed by atoms with van der Waals surface area (Å²) >= 11 is 0. The Kier molecular flexibility index (Phi) is 3.80. The lowest BCUT2D eigenvalue weighted by Crippen LogP contribution is -2.41. The topological polar surface area (TPSA) is 38.8 Å². The minimum Gasteiger partial charge on any atom is -0.399 e. The molecule has 1 heterocycles. The maximum Gasteiger partial charge on any atom is 0.494 e. The van der Waals surface area contributed by atoms with Crippen molar-refractivity contribution in [2.45, 2.75) is 57.8 Å². The van der Waals surface area contributed by atoms with Crippen molar-refractivity contribution in [2.24, 2.45) is 0 Å². The first-order valence-electron chi connectivity index (χ1n) is 8.04. The average molecular weight is 319 g/mol. The van der Waals surface area contributed by atoms with Crippen LogP contribution < -0.4 is 5.46 Å². The molecule has 1 amide bonds. The van der Waals surface area contributed by atoms with Crippen LogP contribution in [-0.2, 0) is 9.31 Å². The van der Waals surface area contributed by atoms with Gasteiger partial charge >= 0.3 is 7.12 Å². The van der Waals surface area contributed by atoms with E-state index in [-0.39, 0.29) is 17.5 Å². The Morgan fingerprint density at radius 3 is 2.30 bits per heavy atom. The summed E-state index contributed by atoms with van der Waals surface area (Å²) in [5, 5.41) is 0. The van der Waals surface area contributed by atoms with E-state index in [4.69, 9.17) is 9.31 Å². The molecule has 4 nitrogen and oxygen atoms in total. The first-order chi connectivity index (χ1) is 10.6. The molecule has 3 rings (SSSR count). The van der Waals surface area contributed by atoms with Crippen LogP contribution in [0.2, 0.25) is 0 Å². The number of carbonyl (C=O) groups excluding carboxylic acids is 1. The van der Waals surface area contributed by atoms with Gasteiger partial charge in [0.1, 0.15) is 5.82 Å². The molecule has 2 fully saturated rings. The Hall–Kier alpha value is -1.40. The van der Waals surface area contributed by atoms with Gasteiger partial charge in [-0.05, 0) is 58.1 Å². The van der Waals surface area contributed by atoms with Gasteiger partial charge in [-0.25, -0.2) is 4.39 Å². The summed E-state index contributed by atoms with van der Waals surface area (Å²) in [6, 6.07) is 4.72. The first kappa shape index (κ1) is 16.5. The number of nitrogens with zero attached hydrogens (tertiary/aromatic N) is 1. The van der Waals surface area contributed by atoms with Gasteiger partial charge in [-0.1, -0.05) is 6.07 Å².